The predicted octanol–water partition coefficient (Wildman–Crippen LogP) is 3.76. The van der Waals surface area contributed by atoms with Crippen LogP contribution in [0, 0.1) is 0 Å². The molecule has 1 aromatic heterocycles. The van der Waals surface area contributed by atoms with Crippen molar-refractivity contribution in [2.45, 2.75) is 0 Å². The minimum absolute atomic E-state index is 0.00616. The van der Waals surface area contributed by atoms with Crippen molar-refractivity contribution in [2.75, 3.05) is 5.32 Å². The summed E-state index contributed by atoms with van der Waals surface area (Å²) in [4.78, 5) is 23.0. The van der Waals surface area contributed by atoms with Crippen molar-refractivity contribution >= 4 is 49.4 Å². The lowest BCUT2D eigenvalue weighted by molar-refractivity contribution is 0.0698. The second-order valence-corrected chi connectivity index (χ2v) is 5.16. The van der Waals surface area contributed by atoms with Crippen LogP contribution < -0.4 is 5.32 Å². The number of nitrogens with one attached hydrogen (secondary N) is 1. The van der Waals surface area contributed by atoms with Crippen LogP contribution in [0.2, 0.25) is 0 Å². The Labute approximate surface area is 124 Å². The van der Waals surface area contributed by atoms with Crippen molar-refractivity contribution in [2.24, 2.45) is 0 Å². The number of carbonyl (C=O) groups is 2. The summed E-state index contributed by atoms with van der Waals surface area (Å²) < 4.78 is 6.00. The highest BCUT2D eigenvalue weighted by Gasteiger charge is 2.17. The van der Waals surface area contributed by atoms with Gasteiger partial charge in [-0.05, 0) is 56.1 Å². The molecule has 5 nitrogen and oxygen atoms in total. The Bertz CT molecular complexity index is 651. The number of hydrogen-bond donors (Lipinski definition) is 2. The number of amides is 1. The van der Waals surface area contributed by atoms with Gasteiger partial charge in [-0.15, -0.1) is 0 Å². The fraction of sp³-hybridized carbons (Fsp3) is 0. The number of rotatable bonds is 3. The average Bonchev–Trinajstić information content (AvgIpc) is 2.78. The smallest absolute Gasteiger partial charge is 0.337 e. The van der Waals surface area contributed by atoms with Gasteiger partial charge in [-0.3, -0.25) is 4.79 Å². The van der Waals surface area contributed by atoms with Gasteiger partial charge in [0.25, 0.3) is 5.91 Å². The van der Waals surface area contributed by atoms with Gasteiger partial charge >= 0.3 is 5.97 Å². The Morgan fingerprint density at radius 3 is 2.47 bits per heavy atom. The zero-order valence-electron chi connectivity index (χ0n) is 9.31. The van der Waals surface area contributed by atoms with Gasteiger partial charge in [0.2, 0.25) is 0 Å². The topological polar surface area (TPSA) is 79.5 Å². The van der Waals surface area contributed by atoms with Crippen LogP contribution in [0.3, 0.4) is 0 Å². The first-order valence-electron chi connectivity index (χ1n) is 5.07. The van der Waals surface area contributed by atoms with Crippen LogP contribution in [0.25, 0.3) is 0 Å². The van der Waals surface area contributed by atoms with Gasteiger partial charge in [0, 0.05) is 4.47 Å². The number of furan rings is 1. The van der Waals surface area contributed by atoms with Crippen molar-refractivity contribution in [3.8, 4) is 0 Å². The minimum atomic E-state index is -1.13. The van der Waals surface area contributed by atoms with Crippen molar-refractivity contribution < 1.29 is 19.1 Å². The summed E-state index contributed by atoms with van der Waals surface area (Å²) in [5.41, 5.74) is 0.181. The van der Waals surface area contributed by atoms with Crippen LogP contribution >= 0.6 is 31.9 Å². The monoisotopic (exact) mass is 387 g/mol. The van der Waals surface area contributed by atoms with Crippen molar-refractivity contribution in [1.29, 1.82) is 0 Å². The molecule has 1 heterocycles. The quantitative estimate of drug-likeness (QED) is 0.838. The van der Waals surface area contributed by atoms with Crippen molar-refractivity contribution in [1.82, 2.24) is 0 Å². The molecule has 0 unspecified atom stereocenters. The van der Waals surface area contributed by atoms with Gasteiger partial charge in [-0.2, -0.15) is 0 Å². The lowest BCUT2D eigenvalue weighted by Gasteiger charge is -2.09. The summed E-state index contributed by atoms with van der Waals surface area (Å²) in [6.45, 7) is 0. The summed E-state index contributed by atoms with van der Waals surface area (Å²) in [6.07, 6.45) is 0. The highest BCUT2D eigenvalue weighted by Crippen LogP contribution is 2.27. The van der Waals surface area contributed by atoms with Gasteiger partial charge in [-0.25, -0.2) is 4.79 Å². The first-order valence-corrected chi connectivity index (χ1v) is 6.66. The molecule has 2 N–H and O–H groups in total. The normalized spacial score (nSPS) is 10.2. The molecule has 0 radical (unpaired) electrons. The third-order valence-electron chi connectivity index (χ3n) is 2.28. The zero-order valence-corrected chi connectivity index (χ0v) is 12.5. The molecule has 2 aromatic rings. The lowest BCUT2D eigenvalue weighted by Crippen LogP contribution is -2.14. The van der Waals surface area contributed by atoms with Crippen LogP contribution in [0.1, 0.15) is 20.9 Å². The first-order chi connectivity index (χ1) is 8.99. The lowest BCUT2D eigenvalue weighted by atomic mass is 10.2. The largest absolute Gasteiger partial charge is 0.478 e. The van der Waals surface area contributed by atoms with E-state index in [1.165, 1.54) is 12.1 Å². The average molecular weight is 389 g/mol. The van der Waals surface area contributed by atoms with Crippen molar-refractivity contribution in [3.63, 3.8) is 0 Å². The third-order valence-corrected chi connectivity index (χ3v) is 3.37. The number of benzene rings is 1. The molecule has 0 saturated heterocycles. The number of halogens is 2. The predicted molar refractivity (Wildman–Crippen MR) is 75.5 cm³/mol. The maximum Gasteiger partial charge on any atom is 0.337 e. The summed E-state index contributed by atoms with van der Waals surface area (Å²) in [6, 6.07) is 7.68. The van der Waals surface area contributed by atoms with E-state index < -0.39 is 11.9 Å². The van der Waals surface area contributed by atoms with Gasteiger partial charge in [0.15, 0.2) is 10.4 Å². The third kappa shape index (κ3) is 3.05. The van der Waals surface area contributed by atoms with Gasteiger partial charge < -0.3 is 14.8 Å². The van der Waals surface area contributed by atoms with Crippen LogP contribution in [0.4, 0.5) is 5.69 Å². The molecule has 0 atom stereocenters. The number of aromatic carboxylic acids is 1. The Kier molecular flexibility index (Phi) is 4.06. The Morgan fingerprint density at radius 2 is 1.89 bits per heavy atom. The molecule has 0 spiro atoms. The minimum Gasteiger partial charge on any atom is -0.478 e. The van der Waals surface area contributed by atoms with Crippen LogP contribution in [0.15, 0.2) is 43.9 Å². The van der Waals surface area contributed by atoms with Crippen LogP contribution in [-0.4, -0.2) is 17.0 Å². The number of para-hydroxylation sites is 1. The van der Waals surface area contributed by atoms with Crippen molar-refractivity contribution in [3.05, 3.63) is 50.8 Å². The standard InChI is InChI=1S/C12H7Br2NO4/c13-7-3-1-2-6(12(17)18)10(7)15-11(16)8-4-5-9(14)19-8/h1-5H,(H,15,16)(H,17,18). The second kappa shape index (κ2) is 5.58. The fourth-order valence-electron chi connectivity index (χ4n) is 1.44. The molecule has 0 bridgehead atoms. The van der Waals surface area contributed by atoms with E-state index in [2.05, 4.69) is 37.2 Å². The Morgan fingerprint density at radius 1 is 1.16 bits per heavy atom. The van der Waals surface area contributed by atoms with Gasteiger partial charge in [0.05, 0.1) is 11.3 Å². The number of carbonyl (C=O) groups excluding carboxylic acids is 1. The van der Waals surface area contributed by atoms with E-state index in [4.69, 9.17) is 9.52 Å². The highest BCUT2D eigenvalue weighted by molar-refractivity contribution is 9.10. The van der Waals surface area contributed by atoms with Crippen LogP contribution in [0.5, 0.6) is 0 Å². The van der Waals surface area contributed by atoms with E-state index in [0.29, 0.717) is 9.14 Å². The number of anilines is 1. The van der Waals surface area contributed by atoms with E-state index in [-0.39, 0.29) is 17.0 Å². The SMILES string of the molecule is O=C(Nc1c(Br)cccc1C(=O)O)c1ccc(Br)o1. The zero-order chi connectivity index (χ0) is 14.0. The number of carboxylic acids is 1. The molecule has 0 saturated carbocycles. The molecule has 1 aromatic carbocycles. The highest BCUT2D eigenvalue weighted by atomic mass is 79.9. The summed E-state index contributed by atoms with van der Waals surface area (Å²) in [5.74, 6) is -1.57. The molecule has 0 fully saturated rings. The summed E-state index contributed by atoms with van der Waals surface area (Å²) in [7, 11) is 0. The fourth-order valence-corrected chi connectivity index (χ4v) is 2.21. The summed E-state index contributed by atoms with van der Waals surface area (Å²) >= 11 is 6.29. The molecule has 98 valence electrons. The molecule has 0 aliphatic heterocycles. The number of hydrogen-bond acceptors (Lipinski definition) is 3. The molecule has 19 heavy (non-hydrogen) atoms. The maximum absolute atomic E-state index is 11.9. The van der Waals surface area contributed by atoms with Crippen LogP contribution in [-0.2, 0) is 0 Å². The molecular formula is C12H7Br2NO4. The summed E-state index contributed by atoms with van der Waals surface area (Å²) in [5, 5.41) is 11.6. The number of carboxylic acid groups (broad SMARTS) is 1. The van der Waals surface area contributed by atoms with E-state index in [9.17, 15) is 9.59 Å². The molecule has 0 aliphatic rings. The maximum atomic E-state index is 11.9. The van der Waals surface area contributed by atoms with E-state index >= 15 is 0 Å². The van der Waals surface area contributed by atoms with Gasteiger partial charge in [-0.1, -0.05) is 6.07 Å². The molecule has 7 heteroatoms. The molecule has 2 rings (SSSR count). The Hall–Kier alpha value is -1.60. The first kappa shape index (κ1) is 13.8. The second-order valence-electron chi connectivity index (χ2n) is 3.53. The van der Waals surface area contributed by atoms with Gasteiger partial charge in [0.1, 0.15) is 0 Å². The Balaban J connectivity index is 2.33. The van der Waals surface area contributed by atoms with E-state index in [1.54, 1.807) is 18.2 Å². The molecular weight excluding hydrogens is 382 g/mol. The molecule has 0 aliphatic carbocycles. The van der Waals surface area contributed by atoms with E-state index in [1.807, 2.05) is 0 Å². The van der Waals surface area contributed by atoms with E-state index in [0.717, 1.165) is 0 Å². The molecule has 1 amide bonds.